The first kappa shape index (κ1) is 13.9. The molecule has 1 nitrogen and oxygen atoms in total. The van der Waals surface area contributed by atoms with Crippen molar-refractivity contribution in [2.45, 2.75) is 19.2 Å². The lowest BCUT2D eigenvalue weighted by atomic mass is 10.00. The molecule has 0 saturated heterocycles. The van der Waals surface area contributed by atoms with Crippen LogP contribution in [0, 0.1) is 12.7 Å². The minimum atomic E-state index is -0.355. The molecule has 1 atom stereocenters. The summed E-state index contributed by atoms with van der Waals surface area (Å²) in [7, 11) is 0. The third-order valence-corrected chi connectivity index (χ3v) is 3.49. The van der Waals surface area contributed by atoms with Crippen LogP contribution in [0.25, 0.3) is 0 Å². The van der Waals surface area contributed by atoms with Gasteiger partial charge in [0.15, 0.2) is 0 Å². The molecule has 2 rings (SSSR count). The topological polar surface area (TPSA) is 9.23 Å². The van der Waals surface area contributed by atoms with Gasteiger partial charge in [0.25, 0.3) is 0 Å². The van der Waals surface area contributed by atoms with Gasteiger partial charge in [-0.1, -0.05) is 18.2 Å². The number of alkyl halides is 1. The smallest absolute Gasteiger partial charge is 0.123 e. The molecule has 2 aromatic carbocycles. The summed E-state index contributed by atoms with van der Waals surface area (Å²) >= 11 is 6.43. The Labute approximate surface area is 118 Å². The molecule has 0 spiro atoms. The van der Waals surface area contributed by atoms with Crippen molar-refractivity contribution >= 4 is 11.6 Å². The van der Waals surface area contributed by atoms with E-state index in [0.29, 0.717) is 6.61 Å². The van der Waals surface area contributed by atoms with Gasteiger partial charge in [-0.05, 0) is 54.8 Å². The second kappa shape index (κ2) is 6.07. The molecule has 0 aliphatic rings. The van der Waals surface area contributed by atoms with Crippen LogP contribution in [0.2, 0.25) is 0 Å². The van der Waals surface area contributed by atoms with E-state index >= 15 is 0 Å². The minimum absolute atomic E-state index is 0.266. The van der Waals surface area contributed by atoms with Gasteiger partial charge in [-0.25, -0.2) is 4.39 Å². The molecule has 0 N–H and O–H groups in total. The number of aryl methyl sites for hydroxylation is 1. The monoisotopic (exact) mass is 278 g/mol. The molecule has 0 saturated carbocycles. The van der Waals surface area contributed by atoms with Crippen LogP contribution in [0.3, 0.4) is 0 Å². The van der Waals surface area contributed by atoms with E-state index in [1.165, 1.54) is 12.1 Å². The molecule has 0 heterocycles. The summed E-state index contributed by atoms with van der Waals surface area (Å²) in [5.41, 5.74) is 2.71. The summed E-state index contributed by atoms with van der Waals surface area (Å²) in [5, 5.41) is -0.355. The third-order valence-electron chi connectivity index (χ3n) is 3.00. The summed E-state index contributed by atoms with van der Waals surface area (Å²) in [6, 6.07) is 12.3. The summed E-state index contributed by atoms with van der Waals surface area (Å²) in [6.45, 7) is 4.50. The molecule has 2 aromatic rings. The number of rotatable bonds is 4. The van der Waals surface area contributed by atoms with Crippen LogP contribution in [0.4, 0.5) is 4.39 Å². The van der Waals surface area contributed by atoms with Crippen molar-refractivity contribution in [1.29, 1.82) is 0 Å². The molecule has 19 heavy (non-hydrogen) atoms. The van der Waals surface area contributed by atoms with Gasteiger partial charge < -0.3 is 4.74 Å². The fourth-order valence-electron chi connectivity index (χ4n) is 1.96. The van der Waals surface area contributed by atoms with E-state index < -0.39 is 0 Å². The first-order valence-corrected chi connectivity index (χ1v) is 6.68. The van der Waals surface area contributed by atoms with Gasteiger partial charge >= 0.3 is 0 Å². The summed E-state index contributed by atoms with van der Waals surface area (Å²) in [6.07, 6.45) is 0. The van der Waals surface area contributed by atoms with Crippen LogP contribution in [0.5, 0.6) is 5.75 Å². The van der Waals surface area contributed by atoms with E-state index in [4.69, 9.17) is 16.3 Å². The van der Waals surface area contributed by atoms with E-state index in [2.05, 4.69) is 0 Å². The van der Waals surface area contributed by atoms with Crippen molar-refractivity contribution in [1.82, 2.24) is 0 Å². The molecular weight excluding hydrogens is 263 g/mol. The second-order valence-electron chi connectivity index (χ2n) is 4.37. The summed E-state index contributed by atoms with van der Waals surface area (Å²) < 4.78 is 18.7. The highest BCUT2D eigenvalue weighted by Crippen LogP contribution is 2.32. The van der Waals surface area contributed by atoms with Crippen LogP contribution < -0.4 is 4.74 Å². The van der Waals surface area contributed by atoms with Gasteiger partial charge in [-0.3, -0.25) is 0 Å². The van der Waals surface area contributed by atoms with Crippen LogP contribution >= 0.6 is 11.6 Å². The molecule has 0 aromatic heterocycles. The number of hydrogen-bond donors (Lipinski definition) is 0. The third kappa shape index (κ3) is 3.27. The van der Waals surface area contributed by atoms with Gasteiger partial charge in [0.05, 0.1) is 12.0 Å². The van der Waals surface area contributed by atoms with Crippen LogP contribution in [0.1, 0.15) is 29.0 Å². The normalized spacial score (nSPS) is 12.2. The van der Waals surface area contributed by atoms with Gasteiger partial charge in [-0.2, -0.15) is 0 Å². The van der Waals surface area contributed by atoms with Crippen LogP contribution in [-0.2, 0) is 0 Å². The Morgan fingerprint density at radius 3 is 2.47 bits per heavy atom. The average molecular weight is 279 g/mol. The van der Waals surface area contributed by atoms with Crippen molar-refractivity contribution in [3.63, 3.8) is 0 Å². The van der Waals surface area contributed by atoms with E-state index in [0.717, 1.165) is 22.4 Å². The maximum atomic E-state index is 13.3. The molecular formula is C16H16ClFO. The highest BCUT2D eigenvalue weighted by molar-refractivity contribution is 6.22. The Balaban J connectivity index is 2.27. The van der Waals surface area contributed by atoms with Crippen molar-refractivity contribution in [2.24, 2.45) is 0 Å². The van der Waals surface area contributed by atoms with Gasteiger partial charge in [0.2, 0.25) is 0 Å². The lowest BCUT2D eigenvalue weighted by molar-refractivity contribution is 0.340. The Bertz CT molecular complexity index is 551. The maximum absolute atomic E-state index is 13.3. The van der Waals surface area contributed by atoms with Gasteiger partial charge in [-0.15, -0.1) is 11.6 Å². The Kier molecular flexibility index (Phi) is 4.43. The lowest BCUT2D eigenvalue weighted by Gasteiger charge is -2.14. The predicted octanol–water partition coefficient (Wildman–Crippen LogP) is 4.86. The largest absolute Gasteiger partial charge is 0.494 e. The van der Waals surface area contributed by atoms with Crippen LogP contribution in [0.15, 0.2) is 42.5 Å². The summed E-state index contributed by atoms with van der Waals surface area (Å²) in [5.74, 6) is 0.545. The molecule has 0 fully saturated rings. The fraction of sp³-hybridized carbons (Fsp3) is 0.250. The molecule has 0 amide bonds. The Morgan fingerprint density at radius 2 is 1.84 bits per heavy atom. The van der Waals surface area contributed by atoms with Gasteiger partial charge in [0, 0.05) is 0 Å². The minimum Gasteiger partial charge on any atom is -0.494 e. The standard InChI is InChI=1S/C16H16ClFO/c1-3-19-14-8-5-12(6-9-14)16(17)15-10-13(18)7-4-11(15)2/h4-10,16H,3H2,1-2H3. The number of hydrogen-bond acceptors (Lipinski definition) is 1. The first-order chi connectivity index (χ1) is 9.11. The second-order valence-corrected chi connectivity index (χ2v) is 4.80. The highest BCUT2D eigenvalue weighted by Gasteiger charge is 2.14. The molecule has 0 bridgehead atoms. The lowest BCUT2D eigenvalue weighted by Crippen LogP contribution is -1.98. The zero-order chi connectivity index (χ0) is 13.8. The number of halogens is 2. The van der Waals surface area contributed by atoms with E-state index in [1.54, 1.807) is 6.07 Å². The highest BCUT2D eigenvalue weighted by atomic mass is 35.5. The van der Waals surface area contributed by atoms with Crippen molar-refractivity contribution in [3.05, 3.63) is 65.0 Å². The predicted molar refractivity (Wildman–Crippen MR) is 76.4 cm³/mol. The van der Waals surface area contributed by atoms with Crippen LogP contribution in [-0.4, -0.2) is 6.61 Å². The summed E-state index contributed by atoms with van der Waals surface area (Å²) in [4.78, 5) is 0. The van der Waals surface area contributed by atoms with Crippen molar-refractivity contribution in [3.8, 4) is 5.75 Å². The number of benzene rings is 2. The van der Waals surface area contributed by atoms with Gasteiger partial charge in [0.1, 0.15) is 11.6 Å². The Morgan fingerprint density at radius 1 is 1.16 bits per heavy atom. The average Bonchev–Trinajstić information content (AvgIpc) is 2.42. The molecule has 0 aliphatic carbocycles. The van der Waals surface area contributed by atoms with E-state index in [9.17, 15) is 4.39 Å². The zero-order valence-corrected chi connectivity index (χ0v) is 11.7. The van der Waals surface area contributed by atoms with Crippen molar-refractivity contribution in [2.75, 3.05) is 6.61 Å². The SMILES string of the molecule is CCOc1ccc(C(Cl)c2cc(F)ccc2C)cc1. The maximum Gasteiger partial charge on any atom is 0.123 e. The fourth-order valence-corrected chi connectivity index (χ4v) is 2.34. The van der Waals surface area contributed by atoms with E-state index in [1.807, 2.05) is 38.1 Å². The zero-order valence-electron chi connectivity index (χ0n) is 11.0. The van der Waals surface area contributed by atoms with E-state index in [-0.39, 0.29) is 11.2 Å². The van der Waals surface area contributed by atoms with Crippen molar-refractivity contribution < 1.29 is 9.13 Å². The Hall–Kier alpha value is -1.54. The molecule has 0 aliphatic heterocycles. The quantitative estimate of drug-likeness (QED) is 0.726. The molecule has 100 valence electrons. The molecule has 0 radical (unpaired) electrons. The first-order valence-electron chi connectivity index (χ1n) is 6.24. The molecule has 1 unspecified atom stereocenters. The number of ether oxygens (including phenoxy) is 1. The molecule has 3 heteroatoms.